The smallest absolute Gasteiger partial charge is 0.323 e. The molecule has 0 unspecified atom stereocenters. The van der Waals surface area contributed by atoms with E-state index < -0.39 is 0 Å². The summed E-state index contributed by atoms with van der Waals surface area (Å²) in [5.41, 5.74) is 3.13. The van der Waals surface area contributed by atoms with Crippen molar-refractivity contribution in [2.75, 3.05) is 5.32 Å². The number of amides is 2. The van der Waals surface area contributed by atoms with Gasteiger partial charge in [0.25, 0.3) is 0 Å². The zero-order valence-electron chi connectivity index (χ0n) is 11.5. The van der Waals surface area contributed by atoms with Crippen LogP contribution >= 0.6 is 0 Å². The Bertz CT molecular complexity index is 824. The van der Waals surface area contributed by atoms with Crippen LogP contribution < -0.4 is 10.6 Å². The van der Waals surface area contributed by atoms with Crippen molar-refractivity contribution in [2.45, 2.75) is 0 Å². The van der Waals surface area contributed by atoms with Crippen LogP contribution in [-0.4, -0.2) is 16.0 Å². The highest BCUT2D eigenvalue weighted by Crippen LogP contribution is 2.15. The largest absolute Gasteiger partial charge is 0.345 e. The second-order valence-corrected chi connectivity index (χ2v) is 4.62. The number of hydrogen-bond acceptors (Lipinski definition) is 2. The number of nitrogens with zero attached hydrogens (tertiary/aromatic N) is 1. The molecule has 3 aromatic rings. The normalized spacial score (nSPS) is 11.0. The second-order valence-electron chi connectivity index (χ2n) is 4.62. The number of rotatable bonds is 3. The molecular weight excluding hydrogens is 283 g/mol. The molecule has 0 radical (unpaired) electrons. The molecule has 22 heavy (non-hydrogen) atoms. The Labute approximate surface area is 125 Å². The zero-order chi connectivity index (χ0) is 15.4. The highest BCUT2D eigenvalue weighted by Gasteiger charge is 2.01. The van der Waals surface area contributed by atoms with Crippen molar-refractivity contribution in [3.8, 4) is 0 Å². The molecule has 1 aromatic heterocycles. The molecular formula is C16H13FN4O. The van der Waals surface area contributed by atoms with Gasteiger partial charge in [-0.1, -0.05) is 12.1 Å². The summed E-state index contributed by atoms with van der Waals surface area (Å²) in [6.45, 7) is 0. The van der Waals surface area contributed by atoms with E-state index in [-0.39, 0.29) is 11.8 Å². The van der Waals surface area contributed by atoms with Crippen LogP contribution in [0.4, 0.5) is 14.9 Å². The number of anilines is 1. The number of aromatic nitrogens is 2. The van der Waals surface area contributed by atoms with E-state index in [0.29, 0.717) is 5.69 Å². The number of imidazole rings is 1. The van der Waals surface area contributed by atoms with Gasteiger partial charge in [0.1, 0.15) is 5.82 Å². The van der Waals surface area contributed by atoms with Gasteiger partial charge in [0.15, 0.2) is 0 Å². The summed E-state index contributed by atoms with van der Waals surface area (Å²) < 4.78 is 12.8. The average molecular weight is 296 g/mol. The van der Waals surface area contributed by atoms with Crippen molar-refractivity contribution in [2.24, 2.45) is 0 Å². The molecule has 3 N–H and O–H groups in total. The van der Waals surface area contributed by atoms with Gasteiger partial charge in [-0.25, -0.2) is 14.2 Å². The van der Waals surface area contributed by atoms with Gasteiger partial charge < -0.3 is 15.6 Å². The summed E-state index contributed by atoms with van der Waals surface area (Å²) in [6.07, 6.45) is 4.77. The van der Waals surface area contributed by atoms with Crippen LogP contribution in [0.15, 0.2) is 55.0 Å². The Morgan fingerprint density at radius 2 is 2.00 bits per heavy atom. The Morgan fingerprint density at radius 3 is 2.82 bits per heavy atom. The first-order valence-corrected chi connectivity index (χ1v) is 6.63. The fourth-order valence-corrected chi connectivity index (χ4v) is 1.97. The van der Waals surface area contributed by atoms with Crippen molar-refractivity contribution in [1.82, 2.24) is 15.3 Å². The fraction of sp³-hybridized carbons (Fsp3) is 0. The number of carbonyl (C=O) groups excluding carboxylic acids is 1. The SMILES string of the molecule is O=C(N/C=C/c1ccc(F)cc1)Nc1ccc2nc[nH]c2c1. The van der Waals surface area contributed by atoms with Crippen LogP contribution in [0.5, 0.6) is 0 Å². The third kappa shape index (κ3) is 3.29. The molecule has 0 atom stereocenters. The first-order chi connectivity index (χ1) is 10.7. The summed E-state index contributed by atoms with van der Waals surface area (Å²) in [5, 5.41) is 5.30. The van der Waals surface area contributed by atoms with Gasteiger partial charge in [0, 0.05) is 11.9 Å². The molecule has 6 heteroatoms. The molecule has 0 saturated heterocycles. The van der Waals surface area contributed by atoms with E-state index in [1.54, 1.807) is 36.7 Å². The topological polar surface area (TPSA) is 69.8 Å². The van der Waals surface area contributed by atoms with Gasteiger partial charge in [-0.15, -0.1) is 0 Å². The minimum Gasteiger partial charge on any atom is -0.345 e. The lowest BCUT2D eigenvalue weighted by Crippen LogP contribution is -2.23. The molecule has 0 fully saturated rings. The van der Waals surface area contributed by atoms with E-state index in [9.17, 15) is 9.18 Å². The number of hydrogen-bond donors (Lipinski definition) is 3. The van der Waals surface area contributed by atoms with Gasteiger partial charge in [0.05, 0.1) is 17.4 Å². The highest BCUT2D eigenvalue weighted by atomic mass is 19.1. The summed E-state index contributed by atoms with van der Waals surface area (Å²) >= 11 is 0. The number of fused-ring (bicyclic) bond motifs is 1. The number of aromatic amines is 1. The van der Waals surface area contributed by atoms with E-state index in [1.165, 1.54) is 18.3 Å². The summed E-state index contributed by atoms with van der Waals surface area (Å²) in [4.78, 5) is 18.9. The minimum atomic E-state index is -0.364. The Morgan fingerprint density at radius 1 is 1.18 bits per heavy atom. The Kier molecular flexibility index (Phi) is 3.82. The quantitative estimate of drug-likeness (QED) is 0.692. The number of urea groups is 1. The highest BCUT2D eigenvalue weighted by molar-refractivity contribution is 5.92. The van der Waals surface area contributed by atoms with Gasteiger partial charge in [-0.3, -0.25) is 0 Å². The molecule has 0 spiro atoms. The monoisotopic (exact) mass is 296 g/mol. The predicted octanol–water partition coefficient (Wildman–Crippen LogP) is 3.49. The third-order valence-corrected chi connectivity index (χ3v) is 3.04. The third-order valence-electron chi connectivity index (χ3n) is 3.04. The maximum absolute atomic E-state index is 12.8. The van der Waals surface area contributed by atoms with E-state index in [4.69, 9.17) is 0 Å². The molecule has 0 aliphatic carbocycles. The van der Waals surface area contributed by atoms with Crippen molar-refractivity contribution in [3.05, 3.63) is 66.4 Å². The molecule has 2 aromatic carbocycles. The maximum atomic E-state index is 12.8. The number of benzene rings is 2. The number of nitrogens with one attached hydrogen (secondary N) is 3. The minimum absolute atomic E-state index is 0.294. The first-order valence-electron chi connectivity index (χ1n) is 6.63. The molecule has 0 bridgehead atoms. The van der Waals surface area contributed by atoms with E-state index in [2.05, 4.69) is 20.6 Å². The zero-order valence-corrected chi connectivity index (χ0v) is 11.5. The van der Waals surface area contributed by atoms with Gasteiger partial charge in [0.2, 0.25) is 0 Å². The van der Waals surface area contributed by atoms with Crippen molar-refractivity contribution < 1.29 is 9.18 Å². The molecule has 1 heterocycles. The molecule has 0 saturated carbocycles. The van der Waals surface area contributed by atoms with Crippen LogP contribution in [0.1, 0.15) is 5.56 Å². The van der Waals surface area contributed by atoms with Gasteiger partial charge >= 0.3 is 6.03 Å². The van der Waals surface area contributed by atoms with Crippen LogP contribution in [0.25, 0.3) is 17.1 Å². The first kappa shape index (κ1) is 13.8. The lowest BCUT2D eigenvalue weighted by Gasteiger charge is -2.04. The number of halogens is 1. The van der Waals surface area contributed by atoms with Crippen LogP contribution in [0.3, 0.4) is 0 Å². The molecule has 0 aliphatic heterocycles. The van der Waals surface area contributed by atoms with Crippen LogP contribution in [0, 0.1) is 5.82 Å². The lowest BCUT2D eigenvalue weighted by molar-refractivity contribution is 0.255. The van der Waals surface area contributed by atoms with E-state index >= 15 is 0 Å². The maximum Gasteiger partial charge on any atom is 0.323 e. The molecule has 0 aliphatic rings. The molecule has 5 nitrogen and oxygen atoms in total. The molecule has 3 rings (SSSR count). The Hall–Kier alpha value is -3.15. The average Bonchev–Trinajstić information content (AvgIpc) is 2.97. The van der Waals surface area contributed by atoms with Gasteiger partial charge in [-0.05, 0) is 42.0 Å². The summed E-state index contributed by atoms with van der Waals surface area (Å²) in [5.74, 6) is -0.294. The van der Waals surface area contributed by atoms with E-state index in [0.717, 1.165) is 16.6 Å². The standard InChI is InChI=1S/C16H13FN4O/c17-12-3-1-11(2-4-12)7-8-18-16(22)21-13-5-6-14-15(9-13)20-10-19-14/h1-10H,(H,19,20)(H2,18,21,22)/b8-7+. The van der Waals surface area contributed by atoms with Crippen molar-refractivity contribution in [1.29, 1.82) is 0 Å². The predicted molar refractivity (Wildman–Crippen MR) is 83.7 cm³/mol. The van der Waals surface area contributed by atoms with Gasteiger partial charge in [-0.2, -0.15) is 0 Å². The van der Waals surface area contributed by atoms with E-state index in [1.807, 2.05) is 6.07 Å². The number of carbonyl (C=O) groups is 1. The van der Waals surface area contributed by atoms with Crippen LogP contribution in [-0.2, 0) is 0 Å². The summed E-state index contributed by atoms with van der Waals surface area (Å²) in [7, 11) is 0. The van der Waals surface area contributed by atoms with Crippen molar-refractivity contribution in [3.63, 3.8) is 0 Å². The Balaban J connectivity index is 1.58. The number of H-pyrrole nitrogens is 1. The summed E-state index contributed by atoms with van der Waals surface area (Å²) in [6, 6.07) is 11.0. The molecule has 110 valence electrons. The molecule has 2 amide bonds. The van der Waals surface area contributed by atoms with Crippen molar-refractivity contribution >= 4 is 28.8 Å². The lowest BCUT2D eigenvalue weighted by atomic mass is 10.2. The van der Waals surface area contributed by atoms with Crippen LogP contribution in [0.2, 0.25) is 0 Å². The second kappa shape index (κ2) is 6.09. The fourth-order valence-electron chi connectivity index (χ4n) is 1.97.